The molecule has 0 bridgehead atoms. The third-order valence-corrected chi connectivity index (χ3v) is 7.50. The molecule has 1 aromatic carbocycles. The Kier molecular flexibility index (Phi) is 5.27. The second-order valence-electron chi connectivity index (χ2n) is 5.64. The van der Waals surface area contributed by atoms with Gasteiger partial charge in [-0.3, -0.25) is 4.79 Å². The summed E-state index contributed by atoms with van der Waals surface area (Å²) < 4.78 is 24.4. The Morgan fingerprint density at radius 1 is 1.37 bits per heavy atom. The highest BCUT2D eigenvalue weighted by Crippen LogP contribution is 2.40. The maximum atomic E-state index is 13.0. The molecule has 0 aliphatic carbocycles. The van der Waals surface area contributed by atoms with E-state index in [1.54, 1.807) is 17.5 Å². The van der Waals surface area contributed by atoms with Gasteiger partial charge in [0.2, 0.25) is 11.7 Å². The van der Waals surface area contributed by atoms with E-state index in [0.717, 1.165) is 0 Å². The zero-order valence-corrected chi connectivity index (χ0v) is 17.1. The standard InChI is InChI=1S/C17H16ClN3O4S2/c1-21-17(23)11(9-19-21)16(22)10-6-7-12(25-2)15(14(10)18)20-27(3,24)13-5-4-8-26-13/h4-9,23H,1-3H3. The third-order valence-electron chi connectivity index (χ3n) is 3.83. The number of halogens is 1. The van der Waals surface area contributed by atoms with Crippen molar-refractivity contribution < 1.29 is 18.8 Å². The predicted molar refractivity (Wildman–Crippen MR) is 105 cm³/mol. The van der Waals surface area contributed by atoms with Crippen LogP contribution in [0.25, 0.3) is 0 Å². The van der Waals surface area contributed by atoms with E-state index in [0.29, 0.717) is 4.21 Å². The highest BCUT2D eigenvalue weighted by atomic mass is 35.5. The maximum absolute atomic E-state index is 13.0. The lowest BCUT2D eigenvalue weighted by Crippen LogP contribution is -2.03. The fourth-order valence-corrected chi connectivity index (χ4v) is 5.13. The van der Waals surface area contributed by atoms with Gasteiger partial charge in [-0.1, -0.05) is 17.7 Å². The SMILES string of the molecule is COc1ccc(C(=O)c2cnn(C)c2O)c(Cl)c1N=S(C)(=O)c1cccs1. The molecule has 3 aromatic rings. The molecule has 0 saturated carbocycles. The van der Waals surface area contributed by atoms with E-state index >= 15 is 0 Å². The Hall–Kier alpha value is -2.36. The van der Waals surface area contributed by atoms with Crippen LogP contribution >= 0.6 is 22.9 Å². The summed E-state index contributed by atoms with van der Waals surface area (Å²) in [7, 11) is 0.158. The molecule has 27 heavy (non-hydrogen) atoms. The molecule has 0 spiro atoms. The molecule has 2 heterocycles. The Morgan fingerprint density at radius 3 is 2.67 bits per heavy atom. The van der Waals surface area contributed by atoms with Crippen molar-refractivity contribution in [2.24, 2.45) is 11.4 Å². The first-order valence-corrected chi connectivity index (χ1v) is 10.8. The molecule has 3 rings (SSSR count). The highest BCUT2D eigenvalue weighted by Gasteiger charge is 2.24. The Morgan fingerprint density at radius 2 is 2.11 bits per heavy atom. The summed E-state index contributed by atoms with van der Waals surface area (Å²) in [6, 6.07) is 6.50. The summed E-state index contributed by atoms with van der Waals surface area (Å²) in [4.78, 5) is 12.8. The zero-order chi connectivity index (χ0) is 19.8. The molecule has 1 atom stereocenters. The first kappa shape index (κ1) is 19.4. The molecule has 1 unspecified atom stereocenters. The van der Waals surface area contributed by atoms with Gasteiger partial charge in [-0.15, -0.1) is 11.3 Å². The van der Waals surface area contributed by atoms with Crippen LogP contribution < -0.4 is 4.74 Å². The molecular weight excluding hydrogens is 410 g/mol. The summed E-state index contributed by atoms with van der Waals surface area (Å²) in [6.07, 6.45) is 2.75. The minimum Gasteiger partial charge on any atom is -0.494 e. The van der Waals surface area contributed by atoms with Crippen molar-refractivity contribution in [3.05, 3.63) is 52.0 Å². The molecule has 0 saturated heterocycles. The van der Waals surface area contributed by atoms with Crippen LogP contribution in [-0.2, 0) is 16.8 Å². The van der Waals surface area contributed by atoms with Gasteiger partial charge in [0.15, 0.2) is 0 Å². The average Bonchev–Trinajstić information content (AvgIpc) is 3.28. The molecular formula is C17H16ClN3O4S2. The highest BCUT2D eigenvalue weighted by molar-refractivity contribution is 7.95. The number of aromatic nitrogens is 2. The number of ether oxygens (including phenoxy) is 1. The second kappa shape index (κ2) is 7.34. The van der Waals surface area contributed by atoms with Crippen LogP contribution in [0.2, 0.25) is 5.02 Å². The van der Waals surface area contributed by atoms with Gasteiger partial charge in [0.25, 0.3) is 0 Å². The number of aromatic hydroxyl groups is 1. The number of hydrogen-bond acceptors (Lipinski definition) is 7. The van der Waals surface area contributed by atoms with Crippen molar-refractivity contribution in [2.45, 2.75) is 4.21 Å². The Bertz CT molecular complexity index is 1130. The van der Waals surface area contributed by atoms with Gasteiger partial charge >= 0.3 is 0 Å². The lowest BCUT2D eigenvalue weighted by molar-refractivity contribution is 0.103. The summed E-state index contributed by atoms with van der Waals surface area (Å²) in [5.41, 5.74) is 0.223. The van der Waals surface area contributed by atoms with Gasteiger partial charge in [0, 0.05) is 18.9 Å². The van der Waals surface area contributed by atoms with Gasteiger partial charge in [-0.2, -0.15) is 9.46 Å². The fraction of sp³-hybridized carbons (Fsp3) is 0.176. The summed E-state index contributed by atoms with van der Waals surface area (Å²) in [6.45, 7) is 0. The summed E-state index contributed by atoms with van der Waals surface area (Å²) in [5.74, 6) is -0.509. The number of benzene rings is 1. The van der Waals surface area contributed by atoms with Crippen LogP contribution in [0.3, 0.4) is 0 Å². The first-order chi connectivity index (χ1) is 12.8. The molecule has 142 valence electrons. The van der Waals surface area contributed by atoms with Crippen molar-refractivity contribution in [3.63, 3.8) is 0 Å². The second-order valence-corrected chi connectivity index (χ2v) is 9.45. The van der Waals surface area contributed by atoms with Crippen molar-refractivity contribution in [2.75, 3.05) is 13.4 Å². The number of nitrogens with zero attached hydrogens (tertiary/aromatic N) is 3. The first-order valence-electron chi connectivity index (χ1n) is 7.64. The number of carbonyl (C=O) groups is 1. The number of thiophene rings is 1. The number of methoxy groups -OCH3 is 1. The van der Waals surface area contributed by atoms with Gasteiger partial charge in [0.1, 0.15) is 17.0 Å². The van der Waals surface area contributed by atoms with Crippen molar-refractivity contribution in [3.8, 4) is 11.6 Å². The Balaban J connectivity index is 2.18. The predicted octanol–water partition coefficient (Wildman–Crippen LogP) is 3.87. The van der Waals surface area contributed by atoms with Gasteiger partial charge in [0.05, 0.1) is 32.3 Å². The topological polar surface area (TPSA) is 93.8 Å². The van der Waals surface area contributed by atoms with Gasteiger partial charge in [-0.05, 0) is 23.6 Å². The van der Waals surface area contributed by atoms with Crippen LogP contribution in [0.5, 0.6) is 11.6 Å². The van der Waals surface area contributed by atoms with E-state index in [2.05, 4.69) is 9.46 Å². The molecule has 1 N–H and O–H groups in total. The molecule has 2 aromatic heterocycles. The lowest BCUT2D eigenvalue weighted by atomic mass is 10.0. The van der Waals surface area contributed by atoms with Crippen molar-refractivity contribution in [1.82, 2.24) is 9.78 Å². The number of ketones is 1. The van der Waals surface area contributed by atoms with Crippen LogP contribution in [0.1, 0.15) is 15.9 Å². The molecule has 0 aliphatic rings. The van der Waals surface area contributed by atoms with E-state index in [-0.39, 0.29) is 33.5 Å². The number of rotatable bonds is 5. The van der Waals surface area contributed by atoms with E-state index in [9.17, 15) is 14.1 Å². The van der Waals surface area contributed by atoms with Crippen LogP contribution in [0, 0.1) is 0 Å². The van der Waals surface area contributed by atoms with Crippen molar-refractivity contribution >= 4 is 44.1 Å². The maximum Gasteiger partial charge on any atom is 0.220 e. The average molecular weight is 426 g/mol. The molecule has 0 radical (unpaired) electrons. The fourth-order valence-electron chi connectivity index (χ4n) is 2.41. The van der Waals surface area contributed by atoms with Gasteiger partial charge < -0.3 is 9.84 Å². The molecule has 10 heteroatoms. The summed E-state index contributed by atoms with van der Waals surface area (Å²) in [5, 5.41) is 15.6. The molecule has 0 aliphatic heterocycles. The minimum atomic E-state index is -2.78. The quantitative estimate of drug-likeness (QED) is 0.626. The number of carbonyl (C=O) groups excluding carboxylic acids is 1. The normalized spacial score (nSPS) is 13.2. The third kappa shape index (κ3) is 3.58. The van der Waals surface area contributed by atoms with E-state index in [1.807, 2.05) is 0 Å². The van der Waals surface area contributed by atoms with E-state index in [4.69, 9.17) is 16.3 Å². The van der Waals surface area contributed by atoms with E-state index in [1.165, 1.54) is 54.8 Å². The minimum absolute atomic E-state index is 0.00556. The van der Waals surface area contributed by atoms with E-state index < -0.39 is 15.5 Å². The Labute approximate surface area is 165 Å². The number of aryl methyl sites for hydroxylation is 1. The van der Waals surface area contributed by atoms with Gasteiger partial charge in [-0.25, -0.2) is 8.89 Å². The van der Waals surface area contributed by atoms with Crippen LogP contribution in [0.4, 0.5) is 5.69 Å². The monoisotopic (exact) mass is 425 g/mol. The molecule has 0 amide bonds. The number of hydrogen-bond donors (Lipinski definition) is 1. The zero-order valence-electron chi connectivity index (χ0n) is 14.7. The lowest BCUT2D eigenvalue weighted by Gasteiger charge is -2.11. The largest absolute Gasteiger partial charge is 0.494 e. The molecule has 7 nitrogen and oxygen atoms in total. The summed E-state index contributed by atoms with van der Waals surface area (Å²) >= 11 is 7.75. The van der Waals surface area contributed by atoms with Crippen LogP contribution in [0.15, 0.2) is 44.4 Å². The smallest absolute Gasteiger partial charge is 0.220 e. The van der Waals surface area contributed by atoms with Crippen LogP contribution in [-0.4, -0.2) is 38.2 Å². The molecule has 0 fully saturated rings. The van der Waals surface area contributed by atoms with Crippen molar-refractivity contribution in [1.29, 1.82) is 0 Å².